The second kappa shape index (κ2) is 12.6. The molecule has 41 heavy (non-hydrogen) atoms. The third kappa shape index (κ3) is 6.33. The molecule has 0 saturated heterocycles. The predicted molar refractivity (Wildman–Crippen MR) is 157 cm³/mol. The minimum atomic E-state index is -0.738. The van der Waals surface area contributed by atoms with Gasteiger partial charge in [-0.2, -0.15) is 0 Å². The number of carbonyl (C=O) groups excluding carboxylic acids is 2. The van der Waals surface area contributed by atoms with Gasteiger partial charge in [0.05, 0.1) is 5.52 Å². The second-order valence-corrected chi connectivity index (χ2v) is 9.90. The molecule has 0 unspecified atom stereocenters. The lowest BCUT2D eigenvalue weighted by molar-refractivity contribution is 0.0947. The molecular formula is C30H27ClN6O4. The molecule has 3 heterocycles. The highest BCUT2D eigenvalue weighted by molar-refractivity contribution is 6.31. The van der Waals surface area contributed by atoms with Crippen LogP contribution in [0.5, 0.6) is 11.8 Å². The molecule has 2 amide bonds. The monoisotopic (exact) mass is 570 g/mol. The molecular weight excluding hydrogens is 544 g/mol. The van der Waals surface area contributed by atoms with E-state index in [0.717, 1.165) is 48.8 Å². The Hall–Kier alpha value is -4.83. The van der Waals surface area contributed by atoms with Crippen LogP contribution in [0.2, 0.25) is 5.02 Å². The highest BCUT2D eigenvalue weighted by atomic mass is 35.5. The number of amides is 2. The van der Waals surface area contributed by atoms with Crippen LogP contribution in [0, 0.1) is 0 Å². The lowest BCUT2D eigenvalue weighted by Gasteiger charge is -2.10. The van der Waals surface area contributed by atoms with Crippen molar-refractivity contribution in [3.05, 3.63) is 89.3 Å². The SMILES string of the molecule is O=C(N=NC(=O)c1ccc2c(O)n(CCCCCCNc3ccnc4cc(Cl)ccc34)c(O)c2c1)c1ccncc1. The number of hydrogen-bond donors (Lipinski definition) is 3. The molecule has 0 aliphatic rings. The molecule has 0 aliphatic carbocycles. The summed E-state index contributed by atoms with van der Waals surface area (Å²) in [5.41, 5.74) is 2.25. The molecule has 208 valence electrons. The number of nitrogens with one attached hydrogen (secondary N) is 1. The van der Waals surface area contributed by atoms with Gasteiger partial charge in [0.15, 0.2) is 0 Å². The van der Waals surface area contributed by atoms with Gasteiger partial charge in [0.25, 0.3) is 11.8 Å². The summed E-state index contributed by atoms with van der Waals surface area (Å²) in [5, 5.41) is 34.3. The van der Waals surface area contributed by atoms with Crippen molar-refractivity contribution in [1.29, 1.82) is 0 Å². The van der Waals surface area contributed by atoms with Gasteiger partial charge in [0.2, 0.25) is 11.8 Å². The zero-order valence-electron chi connectivity index (χ0n) is 22.0. The fourth-order valence-corrected chi connectivity index (χ4v) is 4.77. The number of halogens is 1. The van der Waals surface area contributed by atoms with E-state index in [-0.39, 0.29) is 22.9 Å². The van der Waals surface area contributed by atoms with Crippen molar-refractivity contribution in [2.45, 2.75) is 32.2 Å². The van der Waals surface area contributed by atoms with Crippen LogP contribution in [0.3, 0.4) is 0 Å². The van der Waals surface area contributed by atoms with E-state index in [0.29, 0.717) is 22.3 Å². The van der Waals surface area contributed by atoms with Gasteiger partial charge in [-0.25, -0.2) is 0 Å². The molecule has 0 spiro atoms. The third-order valence-electron chi connectivity index (χ3n) is 6.75. The van der Waals surface area contributed by atoms with Crippen LogP contribution in [0.15, 0.2) is 83.4 Å². The highest BCUT2D eigenvalue weighted by Crippen LogP contribution is 2.37. The number of fused-ring (bicyclic) bond motifs is 2. The lowest BCUT2D eigenvalue weighted by Crippen LogP contribution is -2.03. The van der Waals surface area contributed by atoms with Gasteiger partial charge in [-0.3, -0.25) is 24.1 Å². The molecule has 0 bridgehead atoms. The Labute approximate surface area is 240 Å². The first-order chi connectivity index (χ1) is 19.9. The highest BCUT2D eigenvalue weighted by Gasteiger charge is 2.18. The number of pyridine rings is 2. The van der Waals surface area contributed by atoms with Crippen molar-refractivity contribution >= 4 is 50.8 Å². The number of carbonyl (C=O) groups is 2. The quantitative estimate of drug-likeness (QED) is 0.124. The standard InChI is InChI=1S/C30H27ClN6O4/c31-21-6-8-23-25(11-15-34-26(23)18-21)33-12-3-1-2-4-16-37-29(40)22-7-5-20(17-24(22)30(37)41)28(39)36-35-27(38)19-9-13-32-14-10-19/h5-11,13-15,17-18,40-41H,1-4,12,16H2,(H,33,34). The van der Waals surface area contributed by atoms with E-state index in [1.807, 2.05) is 24.3 Å². The van der Waals surface area contributed by atoms with E-state index in [1.54, 1.807) is 6.20 Å². The second-order valence-electron chi connectivity index (χ2n) is 9.47. The average Bonchev–Trinajstić information content (AvgIpc) is 3.23. The van der Waals surface area contributed by atoms with Gasteiger partial charge in [-0.15, -0.1) is 10.2 Å². The van der Waals surface area contributed by atoms with Gasteiger partial charge in [0.1, 0.15) is 0 Å². The Balaban J connectivity index is 1.13. The molecule has 2 aromatic carbocycles. The summed E-state index contributed by atoms with van der Waals surface area (Å²) >= 11 is 6.07. The topological polar surface area (TPSA) is 142 Å². The number of aromatic hydroxyl groups is 2. The van der Waals surface area contributed by atoms with Crippen LogP contribution in [0.25, 0.3) is 21.7 Å². The first kappa shape index (κ1) is 27.7. The van der Waals surface area contributed by atoms with Crippen molar-refractivity contribution in [3.8, 4) is 11.8 Å². The number of rotatable bonds is 10. The Morgan fingerprint density at radius 3 is 2.29 bits per heavy atom. The minimum Gasteiger partial charge on any atom is -0.494 e. The molecule has 0 saturated carbocycles. The van der Waals surface area contributed by atoms with Crippen LogP contribution >= 0.6 is 11.6 Å². The first-order valence-corrected chi connectivity index (χ1v) is 13.5. The molecule has 10 nitrogen and oxygen atoms in total. The summed E-state index contributed by atoms with van der Waals surface area (Å²) in [4.78, 5) is 32.8. The van der Waals surface area contributed by atoms with Crippen molar-refractivity contribution in [3.63, 3.8) is 0 Å². The minimum absolute atomic E-state index is 0.0719. The molecule has 0 radical (unpaired) electrons. The molecule has 3 aromatic heterocycles. The average molecular weight is 571 g/mol. The van der Waals surface area contributed by atoms with E-state index in [9.17, 15) is 19.8 Å². The fraction of sp³-hybridized carbons (Fsp3) is 0.200. The number of unbranched alkanes of at least 4 members (excludes halogenated alkanes) is 3. The van der Waals surface area contributed by atoms with Gasteiger partial charge in [0, 0.05) is 69.7 Å². The lowest BCUT2D eigenvalue weighted by atomic mass is 10.1. The van der Waals surface area contributed by atoms with E-state index < -0.39 is 11.8 Å². The largest absolute Gasteiger partial charge is 0.494 e. The number of aromatic nitrogens is 3. The molecule has 0 aliphatic heterocycles. The summed E-state index contributed by atoms with van der Waals surface area (Å²) < 4.78 is 1.43. The van der Waals surface area contributed by atoms with Crippen LogP contribution < -0.4 is 5.32 Å². The van der Waals surface area contributed by atoms with E-state index in [2.05, 4.69) is 25.5 Å². The molecule has 11 heteroatoms. The number of nitrogens with zero attached hydrogens (tertiary/aromatic N) is 5. The maximum Gasteiger partial charge on any atom is 0.295 e. The van der Waals surface area contributed by atoms with Gasteiger partial charge in [-0.1, -0.05) is 24.4 Å². The van der Waals surface area contributed by atoms with Crippen LogP contribution in [-0.2, 0) is 6.54 Å². The van der Waals surface area contributed by atoms with Crippen molar-refractivity contribution in [2.75, 3.05) is 11.9 Å². The normalized spacial score (nSPS) is 11.4. The van der Waals surface area contributed by atoms with E-state index in [4.69, 9.17) is 11.6 Å². The van der Waals surface area contributed by atoms with Crippen molar-refractivity contribution < 1.29 is 19.8 Å². The zero-order chi connectivity index (χ0) is 28.8. The van der Waals surface area contributed by atoms with E-state index in [1.165, 1.54) is 47.3 Å². The molecule has 3 N–H and O–H groups in total. The Morgan fingerprint density at radius 2 is 1.49 bits per heavy atom. The Bertz CT molecular complexity index is 1750. The molecule has 0 fully saturated rings. The van der Waals surface area contributed by atoms with Gasteiger partial charge < -0.3 is 15.5 Å². The third-order valence-corrected chi connectivity index (χ3v) is 6.98. The number of hydrogen-bond acceptors (Lipinski definition) is 7. The summed E-state index contributed by atoms with van der Waals surface area (Å²) in [6.45, 7) is 1.22. The zero-order valence-corrected chi connectivity index (χ0v) is 22.8. The Kier molecular flexibility index (Phi) is 8.50. The van der Waals surface area contributed by atoms with Gasteiger partial charge >= 0.3 is 0 Å². The molecule has 5 rings (SSSR count). The number of azo groups is 1. The maximum atomic E-state index is 12.5. The fourth-order valence-electron chi connectivity index (χ4n) is 4.61. The van der Waals surface area contributed by atoms with Crippen molar-refractivity contribution in [1.82, 2.24) is 14.5 Å². The number of anilines is 1. The summed E-state index contributed by atoms with van der Waals surface area (Å²) in [6.07, 6.45) is 8.21. The maximum absolute atomic E-state index is 12.5. The first-order valence-electron chi connectivity index (χ1n) is 13.1. The van der Waals surface area contributed by atoms with Crippen LogP contribution in [0.1, 0.15) is 46.4 Å². The van der Waals surface area contributed by atoms with Gasteiger partial charge in [-0.05, 0) is 67.4 Å². The summed E-state index contributed by atoms with van der Waals surface area (Å²) in [5.74, 6) is -1.61. The Morgan fingerprint density at radius 1 is 0.780 bits per heavy atom. The molecule has 5 aromatic rings. The number of benzene rings is 2. The predicted octanol–water partition coefficient (Wildman–Crippen LogP) is 6.75. The van der Waals surface area contributed by atoms with Crippen LogP contribution in [-0.4, -0.2) is 43.1 Å². The van der Waals surface area contributed by atoms with E-state index >= 15 is 0 Å². The summed E-state index contributed by atoms with van der Waals surface area (Å²) in [7, 11) is 0. The van der Waals surface area contributed by atoms with Crippen molar-refractivity contribution in [2.24, 2.45) is 10.2 Å². The smallest absolute Gasteiger partial charge is 0.295 e. The van der Waals surface area contributed by atoms with Crippen LogP contribution in [0.4, 0.5) is 5.69 Å². The molecule has 0 atom stereocenters. The summed E-state index contributed by atoms with van der Waals surface area (Å²) in [6, 6.07) is 15.0.